The Balaban J connectivity index is 2.03. The molecule has 21 heavy (non-hydrogen) atoms. The summed E-state index contributed by atoms with van der Waals surface area (Å²) in [5, 5.41) is 12.8. The van der Waals surface area contributed by atoms with E-state index in [1.807, 2.05) is 30.3 Å². The van der Waals surface area contributed by atoms with Crippen molar-refractivity contribution < 1.29 is 9.90 Å². The van der Waals surface area contributed by atoms with Crippen LogP contribution in [0.3, 0.4) is 0 Å². The van der Waals surface area contributed by atoms with Crippen molar-refractivity contribution in [2.75, 3.05) is 0 Å². The molecule has 3 nitrogen and oxygen atoms in total. The summed E-state index contributed by atoms with van der Waals surface area (Å²) in [5.74, 6) is -0.274. The molecule has 0 saturated heterocycles. The highest BCUT2D eigenvalue weighted by Crippen LogP contribution is 2.69. The Labute approximate surface area is 127 Å². The van der Waals surface area contributed by atoms with Gasteiger partial charge in [0.2, 0.25) is 0 Å². The van der Waals surface area contributed by atoms with Gasteiger partial charge in [0, 0.05) is 6.04 Å². The molecule has 1 aromatic carbocycles. The largest absolute Gasteiger partial charge is 0.480 e. The van der Waals surface area contributed by atoms with Gasteiger partial charge in [0.15, 0.2) is 0 Å². The van der Waals surface area contributed by atoms with Crippen molar-refractivity contribution >= 4 is 5.97 Å². The molecule has 2 N–H and O–H groups in total. The van der Waals surface area contributed by atoms with Gasteiger partial charge in [-0.1, -0.05) is 58.0 Å². The first kappa shape index (κ1) is 16.0. The quantitative estimate of drug-likeness (QED) is 0.844. The molecule has 1 aromatic rings. The zero-order valence-corrected chi connectivity index (χ0v) is 13.7. The maximum atomic E-state index is 11.5. The molecule has 3 heteroatoms. The molecule has 1 saturated carbocycles. The highest BCUT2D eigenvalue weighted by atomic mass is 16.4. The number of hydrogen-bond donors (Lipinski definition) is 2. The second-order valence-corrected chi connectivity index (χ2v) is 7.46. The van der Waals surface area contributed by atoms with Crippen LogP contribution in [0.2, 0.25) is 0 Å². The Morgan fingerprint density at radius 2 is 1.71 bits per heavy atom. The molecule has 0 radical (unpaired) electrons. The second kappa shape index (κ2) is 5.45. The molecule has 116 valence electrons. The minimum absolute atomic E-state index is 0.194. The van der Waals surface area contributed by atoms with E-state index >= 15 is 0 Å². The van der Waals surface area contributed by atoms with Crippen LogP contribution in [-0.4, -0.2) is 23.2 Å². The number of rotatable bonds is 6. The van der Waals surface area contributed by atoms with Gasteiger partial charge in [0.1, 0.15) is 6.04 Å². The Bertz CT molecular complexity index is 493. The van der Waals surface area contributed by atoms with E-state index in [0.717, 1.165) is 5.56 Å². The van der Waals surface area contributed by atoms with Crippen LogP contribution in [0.5, 0.6) is 0 Å². The number of carboxylic acids is 1. The van der Waals surface area contributed by atoms with Gasteiger partial charge < -0.3 is 10.4 Å². The third-order valence-corrected chi connectivity index (χ3v) is 5.68. The van der Waals surface area contributed by atoms with Crippen molar-refractivity contribution in [3.63, 3.8) is 0 Å². The van der Waals surface area contributed by atoms with E-state index in [1.54, 1.807) is 0 Å². The summed E-state index contributed by atoms with van der Waals surface area (Å²) >= 11 is 0. The summed E-state index contributed by atoms with van der Waals surface area (Å²) in [6.45, 7) is 11.2. The molecule has 1 aliphatic carbocycles. The predicted molar refractivity (Wildman–Crippen MR) is 85.2 cm³/mol. The summed E-state index contributed by atoms with van der Waals surface area (Å²) in [5.41, 5.74) is 1.57. The summed E-state index contributed by atoms with van der Waals surface area (Å²) < 4.78 is 0. The van der Waals surface area contributed by atoms with Gasteiger partial charge in [0.05, 0.1) is 0 Å². The van der Waals surface area contributed by atoms with Gasteiger partial charge in [-0.3, -0.25) is 4.79 Å². The van der Waals surface area contributed by atoms with E-state index in [-0.39, 0.29) is 16.9 Å². The molecule has 2 atom stereocenters. The maximum Gasteiger partial charge on any atom is 0.321 e. The van der Waals surface area contributed by atoms with Crippen LogP contribution in [-0.2, 0) is 11.2 Å². The van der Waals surface area contributed by atoms with Gasteiger partial charge in [0.25, 0.3) is 0 Å². The highest BCUT2D eigenvalue weighted by Gasteiger charge is 2.66. The van der Waals surface area contributed by atoms with Gasteiger partial charge >= 0.3 is 5.97 Å². The second-order valence-electron chi connectivity index (χ2n) is 7.46. The van der Waals surface area contributed by atoms with E-state index in [9.17, 15) is 9.90 Å². The van der Waals surface area contributed by atoms with Crippen LogP contribution in [0.4, 0.5) is 0 Å². The Morgan fingerprint density at radius 3 is 2.14 bits per heavy atom. The van der Waals surface area contributed by atoms with Crippen LogP contribution < -0.4 is 5.32 Å². The lowest BCUT2D eigenvalue weighted by atomic mass is 10.0. The van der Waals surface area contributed by atoms with E-state index in [4.69, 9.17) is 0 Å². The summed E-state index contributed by atoms with van der Waals surface area (Å²) in [7, 11) is 0. The lowest BCUT2D eigenvalue weighted by Gasteiger charge is -2.22. The van der Waals surface area contributed by atoms with Crippen molar-refractivity contribution in [1.82, 2.24) is 5.32 Å². The molecular weight excluding hydrogens is 262 g/mol. The predicted octanol–water partition coefficient (Wildman–Crippen LogP) is 3.34. The molecule has 0 aliphatic heterocycles. The molecule has 0 heterocycles. The fourth-order valence-electron chi connectivity index (χ4n) is 3.98. The number of carbonyl (C=O) groups is 1. The van der Waals surface area contributed by atoms with Crippen LogP contribution in [0.25, 0.3) is 0 Å². The molecule has 0 bridgehead atoms. The number of carboxylic acid groups (broad SMARTS) is 1. The zero-order valence-electron chi connectivity index (χ0n) is 13.7. The number of aliphatic carboxylic acids is 1. The monoisotopic (exact) mass is 289 g/mol. The minimum atomic E-state index is -0.776. The Hall–Kier alpha value is -1.35. The van der Waals surface area contributed by atoms with Crippen LogP contribution in [0.1, 0.15) is 40.2 Å². The fourth-order valence-corrected chi connectivity index (χ4v) is 3.98. The lowest BCUT2D eigenvalue weighted by Crippen LogP contribution is -2.45. The van der Waals surface area contributed by atoms with E-state index in [1.165, 1.54) is 0 Å². The van der Waals surface area contributed by atoms with Crippen LogP contribution >= 0.6 is 0 Å². The Kier molecular flexibility index (Phi) is 4.16. The van der Waals surface area contributed by atoms with Gasteiger partial charge in [-0.05, 0) is 35.7 Å². The van der Waals surface area contributed by atoms with E-state index in [2.05, 4.69) is 39.9 Å². The van der Waals surface area contributed by atoms with Gasteiger partial charge in [-0.15, -0.1) is 0 Å². The van der Waals surface area contributed by atoms with Crippen molar-refractivity contribution in [1.29, 1.82) is 0 Å². The van der Waals surface area contributed by atoms with Crippen molar-refractivity contribution in [3.05, 3.63) is 35.9 Å². The average Bonchev–Trinajstić information content (AvgIpc) is 2.80. The molecule has 1 fully saturated rings. The zero-order chi connectivity index (χ0) is 15.8. The first-order valence-corrected chi connectivity index (χ1v) is 7.70. The molecule has 0 spiro atoms. The standard InChI is InChI=1S/C18H27NO2/c1-12(15-17(2,3)18(15,4)5)19-14(16(20)21)11-13-9-7-6-8-10-13/h6-10,12,14-15,19H,11H2,1-5H3,(H,20,21)/t12?,14-/m0/s1. The molecular formula is C18H27NO2. The topological polar surface area (TPSA) is 49.3 Å². The van der Waals surface area contributed by atoms with Gasteiger partial charge in [-0.25, -0.2) is 0 Å². The molecule has 1 unspecified atom stereocenters. The summed E-state index contributed by atoms with van der Waals surface area (Å²) in [6.07, 6.45) is 0.522. The number of benzene rings is 1. The smallest absolute Gasteiger partial charge is 0.321 e. The fraction of sp³-hybridized carbons (Fsp3) is 0.611. The van der Waals surface area contributed by atoms with Crippen molar-refractivity contribution in [2.24, 2.45) is 16.7 Å². The normalized spacial score (nSPS) is 22.5. The summed E-state index contributed by atoms with van der Waals surface area (Å²) in [6, 6.07) is 9.47. The third-order valence-electron chi connectivity index (χ3n) is 5.68. The third kappa shape index (κ3) is 2.98. The lowest BCUT2D eigenvalue weighted by molar-refractivity contribution is -0.139. The number of hydrogen-bond acceptors (Lipinski definition) is 2. The maximum absolute atomic E-state index is 11.5. The molecule has 0 amide bonds. The van der Waals surface area contributed by atoms with Crippen LogP contribution in [0.15, 0.2) is 30.3 Å². The SMILES string of the molecule is CC(N[C@@H](Cc1ccccc1)C(=O)O)C1C(C)(C)C1(C)C. The summed E-state index contributed by atoms with van der Waals surface area (Å²) in [4.78, 5) is 11.5. The van der Waals surface area contributed by atoms with Crippen molar-refractivity contribution in [2.45, 2.75) is 53.1 Å². The first-order chi connectivity index (χ1) is 9.68. The van der Waals surface area contributed by atoms with Gasteiger partial charge in [-0.2, -0.15) is 0 Å². The number of nitrogens with one attached hydrogen (secondary N) is 1. The van der Waals surface area contributed by atoms with Crippen molar-refractivity contribution in [3.8, 4) is 0 Å². The minimum Gasteiger partial charge on any atom is -0.480 e. The van der Waals surface area contributed by atoms with E-state index < -0.39 is 12.0 Å². The van der Waals surface area contributed by atoms with Crippen LogP contribution in [0, 0.1) is 16.7 Å². The molecule has 1 aliphatic rings. The Morgan fingerprint density at radius 1 is 1.19 bits per heavy atom. The van der Waals surface area contributed by atoms with E-state index in [0.29, 0.717) is 12.3 Å². The molecule has 2 rings (SSSR count). The first-order valence-electron chi connectivity index (χ1n) is 7.70. The molecule has 0 aromatic heterocycles. The average molecular weight is 289 g/mol. The highest BCUT2D eigenvalue weighted by molar-refractivity contribution is 5.74.